The number of carbonyl (C=O) groups is 1. The highest BCUT2D eigenvalue weighted by atomic mass is 19.1. The maximum atomic E-state index is 13.6. The molecule has 6 heteroatoms. The molecule has 0 unspecified atom stereocenters. The molecule has 1 heterocycles. The van der Waals surface area contributed by atoms with Gasteiger partial charge in [0.05, 0.1) is 5.69 Å². The molecule has 19 heavy (non-hydrogen) atoms. The number of rotatable bonds is 4. The molecule has 1 aromatic heterocycles. The van der Waals surface area contributed by atoms with Crippen molar-refractivity contribution >= 4 is 11.6 Å². The fourth-order valence-electron chi connectivity index (χ4n) is 1.72. The second-order valence-corrected chi connectivity index (χ2v) is 4.17. The molecule has 0 spiro atoms. The number of aromatic amines is 1. The lowest BCUT2D eigenvalue weighted by Crippen LogP contribution is -2.28. The van der Waals surface area contributed by atoms with Crippen LogP contribution >= 0.6 is 0 Å². The smallest absolute Gasteiger partial charge is 0.297 e. The van der Waals surface area contributed by atoms with Gasteiger partial charge in [0.1, 0.15) is 11.6 Å². The van der Waals surface area contributed by atoms with Crippen molar-refractivity contribution in [3.8, 4) is 0 Å². The zero-order valence-corrected chi connectivity index (χ0v) is 10.9. The summed E-state index contributed by atoms with van der Waals surface area (Å²) in [5.74, 6) is -0.187. The van der Waals surface area contributed by atoms with Gasteiger partial charge in [-0.25, -0.2) is 9.37 Å². The van der Waals surface area contributed by atoms with Crippen LogP contribution in [0.3, 0.4) is 0 Å². The number of H-pyrrole nitrogens is 1. The Morgan fingerprint density at radius 2 is 2.16 bits per heavy atom. The molecule has 0 aliphatic heterocycles. The number of amides is 1. The summed E-state index contributed by atoms with van der Waals surface area (Å²) in [5, 5.41) is 6.57. The fraction of sp³-hybridized carbons (Fsp3) is 0.308. The van der Waals surface area contributed by atoms with Crippen molar-refractivity contribution in [3.63, 3.8) is 0 Å². The zero-order valence-electron chi connectivity index (χ0n) is 10.9. The lowest BCUT2D eigenvalue weighted by atomic mass is 10.3. The van der Waals surface area contributed by atoms with Gasteiger partial charge in [-0.05, 0) is 18.6 Å². The van der Waals surface area contributed by atoms with E-state index >= 15 is 0 Å². The molecule has 1 N–H and O–H groups in total. The van der Waals surface area contributed by atoms with Gasteiger partial charge in [0, 0.05) is 13.5 Å². The largest absolute Gasteiger partial charge is 0.306 e. The van der Waals surface area contributed by atoms with Crippen molar-refractivity contribution in [2.75, 3.05) is 11.9 Å². The van der Waals surface area contributed by atoms with Gasteiger partial charge >= 0.3 is 0 Å². The minimum Gasteiger partial charge on any atom is -0.306 e. The molecule has 0 bridgehead atoms. The summed E-state index contributed by atoms with van der Waals surface area (Å²) in [5.41, 5.74) is 0.203. The molecule has 5 nitrogen and oxygen atoms in total. The third-order valence-electron chi connectivity index (χ3n) is 2.73. The number of carbonyl (C=O) groups excluding carboxylic acids is 1. The van der Waals surface area contributed by atoms with Crippen LogP contribution in [-0.2, 0) is 6.42 Å². The topological polar surface area (TPSA) is 61.9 Å². The molecule has 0 aliphatic rings. The second kappa shape index (κ2) is 5.60. The van der Waals surface area contributed by atoms with Crippen molar-refractivity contribution in [1.82, 2.24) is 15.2 Å². The normalized spacial score (nSPS) is 10.5. The third-order valence-corrected chi connectivity index (χ3v) is 2.73. The van der Waals surface area contributed by atoms with Crippen LogP contribution in [-0.4, -0.2) is 28.1 Å². The molecule has 0 saturated carbocycles. The summed E-state index contributed by atoms with van der Waals surface area (Å²) in [7, 11) is 1.50. The number of para-hydroxylation sites is 1. The average molecular weight is 262 g/mol. The summed E-state index contributed by atoms with van der Waals surface area (Å²) in [6.07, 6.45) is 1.63. The summed E-state index contributed by atoms with van der Waals surface area (Å²) in [6.45, 7) is 2.01. The number of nitrogens with zero attached hydrogens (tertiary/aromatic N) is 3. The Morgan fingerprint density at radius 3 is 2.84 bits per heavy atom. The van der Waals surface area contributed by atoms with Gasteiger partial charge in [-0.3, -0.25) is 9.89 Å². The summed E-state index contributed by atoms with van der Waals surface area (Å²) in [6, 6.07) is 6.08. The molecule has 100 valence electrons. The zero-order chi connectivity index (χ0) is 13.8. The molecule has 0 aliphatic carbocycles. The van der Waals surface area contributed by atoms with Crippen LogP contribution < -0.4 is 4.90 Å². The van der Waals surface area contributed by atoms with Gasteiger partial charge in [0.25, 0.3) is 5.91 Å². The number of aromatic nitrogens is 3. The first-order valence-corrected chi connectivity index (χ1v) is 6.07. The predicted molar refractivity (Wildman–Crippen MR) is 69.5 cm³/mol. The maximum absolute atomic E-state index is 13.6. The molecule has 1 amide bonds. The number of benzene rings is 1. The van der Waals surface area contributed by atoms with Crippen LogP contribution in [0, 0.1) is 5.82 Å². The first-order valence-electron chi connectivity index (χ1n) is 6.07. The van der Waals surface area contributed by atoms with E-state index < -0.39 is 11.7 Å². The number of nitrogens with one attached hydrogen (secondary N) is 1. The third kappa shape index (κ3) is 2.78. The predicted octanol–water partition coefficient (Wildman–Crippen LogP) is 2.17. The van der Waals surface area contributed by atoms with E-state index in [1.807, 2.05) is 6.92 Å². The second-order valence-electron chi connectivity index (χ2n) is 4.17. The van der Waals surface area contributed by atoms with Gasteiger partial charge in [-0.1, -0.05) is 19.1 Å². The van der Waals surface area contributed by atoms with Crippen LogP contribution in [0.15, 0.2) is 24.3 Å². The van der Waals surface area contributed by atoms with Gasteiger partial charge in [0.15, 0.2) is 0 Å². The van der Waals surface area contributed by atoms with Crippen molar-refractivity contribution in [2.45, 2.75) is 19.8 Å². The molecule has 0 atom stereocenters. The van der Waals surface area contributed by atoms with Crippen molar-refractivity contribution < 1.29 is 9.18 Å². The summed E-state index contributed by atoms with van der Waals surface area (Å²) in [4.78, 5) is 17.4. The lowest BCUT2D eigenvalue weighted by Gasteiger charge is -2.15. The molecule has 1 aromatic carbocycles. The molecule has 0 fully saturated rings. The van der Waals surface area contributed by atoms with Crippen molar-refractivity contribution in [2.24, 2.45) is 0 Å². The number of hydrogen-bond acceptors (Lipinski definition) is 3. The van der Waals surface area contributed by atoms with E-state index in [1.165, 1.54) is 24.1 Å². The summed E-state index contributed by atoms with van der Waals surface area (Å²) < 4.78 is 13.6. The maximum Gasteiger partial charge on any atom is 0.297 e. The van der Waals surface area contributed by atoms with E-state index in [9.17, 15) is 9.18 Å². The van der Waals surface area contributed by atoms with E-state index in [2.05, 4.69) is 15.2 Å². The highest BCUT2D eigenvalue weighted by Crippen LogP contribution is 2.18. The first-order chi connectivity index (χ1) is 9.13. The van der Waals surface area contributed by atoms with Crippen LogP contribution in [0.2, 0.25) is 0 Å². The highest BCUT2D eigenvalue weighted by Gasteiger charge is 2.20. The van der Waals surface area contributed by atoms with E-state index in [1.54, 1.807) is 12.1 Å². The highest BCUT2D eigenvalue weighted by molar-refractivity contribution is 6.03. The Balaban J connectivity index is 2.21. The first kappa shape index (κ1) is 13.2. The Kier molecular flexibility index (Phi) is 3.89. The van der Waals surface area contributed by atoms with Gasteiger partial charge in [0.2, 0.25) is 5.82 Å². The fourth-order valence-corrected chi connectivity index (χ4v) is 1.72. The van der Waals surface area contributed by atoms with E-state index in [4.69, 9.17) is 0 Å². The molecule has 0 saturated heterocycles. The van der Waals surface area contributed by atoms with E-state index in [-0.39, 0.29) is 11.5 Å². The average Bonchev–Trinajstić information content (AvgIpc) is 2.87. The van der Waals surface area contributed by atoms with Crippen molar-refractivity contribution in [1.29, 1.82) is 0 Å². The van der Waals surface area contributed by atoms with Crippen molar-refractivity contribution in [3.05, 3.63) is 41.7 Å². The number of aryl methyl sites for hydroxylation is 1. The van der Waals surface area contributed by atoms with Crippen LogP contribution in [0.1, 0.15) is 29.8 Å². The Morgan fingerprint density at radius 1 is 1.42 bits per heavy atom. The van der Waals surface area contributed by atoms with Crippen LogP contribution in [0.25, 0.3) is 0 Å². The molecule has 2 aromatic rings. The van der Waals surface area contributed by atoms with E-state index in [0.717, 1.165) is 12.8 Å². The van der Waals surface area contributed by atoms with Gasteiger partial charge in [-0.2, -0.15) is 0 Å². The number of hydrogen-bond donors (Lipinski definition) is 1. The standard InChI is InChI=1S/C13H15FN4O/c1-3-6-11-15-12(17-16-11)13(19)18(2)10-8-5-4-7-9(10)14/h4-5,7-8H,3,6H2,1-2H3,(H,15,16,17). The van der Waals surface area contributed by atoms with E-state index in [0.29, 0.717) is 5.82 Å². The minimum atomic E-state index is -0.456. The SMILES string of the molecule is CCCc1nc(C(=O)N(C)c2ccccc2F)n[nH]1. The quantitative estimate of drug-likeness (QED) is 0.918. The van der Waals surface area contributed by atoms with Gasteiger partial charge in [-0.15, -0.1) is 5.10 Å². The number of anilines is 1. The summed E-state index contributed by atoms with van der Waals surface area (Å²) >= 11 is 0. The minimum absolute atomic E-state index is 0.0502. The molecular weight excluding hydrogens is 247 g/mol. The Labute approximate surface area is 110 Å². The van der Waals surface area contributed by atoms with Crippen LogP contribution in [0.5, 0.6) is 0 Å². The molecular formula is C13H15FN4O. The van der Waals surface area contributed by atoms with Gasteiger partial charge < -0.3 is 4.90 Å². The molecule has 2 rings (SSSR count). The Bertz CT molecular complexity index is 582. The molecule has 0 radical (unpaired) electrons. The monoisotopic (exact) mass is 262 g/mol. The number of halogens is 1. The Hall–Kier alpha value is -2.24. The lowest BCUT2D eigenvalue weighted by molar-refractivity contribution is 0.0982. The van der Waals surface area contributed by atoms with Crippen LogP contribution in [0.4, 0.5) is 10.1 Å².